The van der Waals surface area contributed by atoms with E-state index in [0.717, 1.165) is 39.1 Å². The van der Waals surface area contributed by atoms with E-state index in [9.17, 15) is 4.39 Å². The molecule has 3 aromatic rings. The van der Waals surface area contributed by atoms with Crippen LogP contribution in [0.15, 0.2) is 70.2 Å². The summed E-state index contributed by atoms with van der Waals surface area (Å²) >= 11 is 3.46. The van der Waals surface area contributed by atoms with E-state index >= 15 is 0 Å². The van der Waals surface area contributed by atoms with Crippen molar-refractivity contribution in [1.29, 1.82) is 0 Å². The third-order valence-corrected chi connectivity index (χ3v) is 5.09. The highest BCUT2D eigenvalue weighted by Gasteiger charge is 2.22. The summed E-state index contributed by atoms with van der Waals surface area (Å²) in [5.74, 6) is -0.243. The largest absolute Gasteiger partial charge is 0.302 e. The molecule has 1 aliphatic heterocycles. The van der Waals surface area contributed by atoms with Gasteiger partial charge in [0.25, 0.3) is 0 Å². The Morgan fingerprint density at radius 2 is 1.73 bits per heavy atom. The summed E-state index contributed by atoms with van der Waals surface area (Å²) in [7, 11) is 0. The molecule has 1 aromatic heterocycles. The third kappa shape index (κ3) is 3.40. The van der Waals surface area contributed by atoms with Crippen LogP contribution in [0.2, 0.25) is 0 Å². The molecule has 0 aliphatic carbocycles. The van der Waals surface area contributed by atoms with Crippen molar-refractivity contribution in [2.75, 3.05) is 0 Å². The van der Waals surface area contributed by atoms with Gasteiger partial charge in [-0.05, 0) is 61.0 Å². The number of aryl methyl sites for hydroxylation is 1. The van der Waals surface area contributed by atoms with Crippen LogP contribution in [0.4, 0.5) is 4.39 Å². The van der Waals surface area contributed by atoms with Gasteiger partial charge in [0, 0.05) is 27.7 Å². The lowest BCUT2D eigenvalue weighted by atomic mass is 9.98. The van der Waals surface area contributed by atoms with E-state index in [-0.39, 0.29) is 11.9 Å². The van der Waals surface area contributed by atoms with Crippen molar-refractivity contribution < 1.29 is 4.39 Å². The first kappa shape index (κ1) is 16.9. The molecule has 0 saturated heterocycles. The molecule has 0 saturated carbocycles. The van der Waals surface area contributed by atoms with Gasteiger partial charge >= 0.3 is 0 Å². The number of nitrogens with one attached hydrogen (secondary N) is 1. The van der Waals surface area contributed by atoms with Gasteiger partial charge in [0.1, 0.15) is 5.82 Å². The van der Waals surface area contributed by atoms with Crippen molar-refractivity contribution in [3.63, 3.8) is 0 Å². The van der Waals surface area contributed by atoms with E-state index in [1.54, 1.807) is 12.1 Å². The van der Waals surface area contributed by atoms with Gasteiger partial charge in [-0.25, -0.2) is 4.39 Å². The maximum Gasteiger partial charge on any atom is 0.123 e. The second-order valence-corrected chi connectivity index (χ2v) is 7.25. The average Bonchev–Trinajstić information content (AvgIpc) is 3.12. The Hall–Kier alpha value is -2.53. The zero-order chi connectivity index (χ0) is 18.1. The highest BCUT2D eigenvalue weighted by Crippen LogP contribution is 2.27. The van der Waals surface area contributed by atoms with Gasteiger partial charge in [0.15, 0.2) is 0 Å². The molecule has 3 nitrogen and oxygen atoms in total. The number of halogens is 2. The van der Waals surface area contributed by atoms with Crippen molar-refractivity contribution in [3.8, 4) is 11.3 Å². The smallest absolute Gasteiger partial charge is 0.123 e. The van der Waals surface area contributed by atoms with Gasteiger partial charge in [0.2, 0.25) is 0 Å². The normalized spacial score (nSPS) is 16.3. The van der Waals surface area contributed by atoms with Crippen molar-refractivity contribution >= 4 is 21.6 Å². The van der Waals surface area contributed by atoms with Crippen LogP contribution in [0.1, 0.15) is 29.3 Å². The molecule has 0 spiro atoms. The Morgan fingerprint density at radius 1 is 1.00 bits per heavy atom. The van der Waals surface area contributed by atoms with Crippen molar-refractivity contribution in [3.05, 3.63) is 87.8 Å². The van der Waals surface area contributed by atoms with Gasteiger partial charge in [-0.2, -0.15) is 5.10 Å². The van der Waals surface area contributed by atoms with Crippen LogP contribution in [0.3, 0.4) is 0 Å². The van der Waals surface area contributed by atoms with Gasteiger partial charge in [-0.15, -0.1) is 0 Å². The molecule has 1 N–H and O–H groups in total. The Labute approximate surface area is 160 Å². The molecule has 1 atom stereocenters. The maximum atomic E-state index is 13.1. The third-order valence-electron chi connectivity index (χ3n) is 4.56. The number of hydrazone groups is 1. The first-order chi connectivity index (χ1) is 12.6. The average molecular weight is 410 g/mol. The Morgan fingerprint density at radius 3 is 2.42 bits per heavy atom. The van der Waals surface area contributed by atoms with Gasteiger partial charge in [0.05, 0.1) is 17.4 Å². The zero-order valence-electron chi connectivity index (χ0n) is 14.2. The molecule has 0 radical (unpaired) electrons. The van der Waals surface area contributed by atoms with Crippen LogP contribution in [-0.4, -0.2) is 10.7 Å². The Bertz CT molecular complexity index is 966. The Kier molecular flexibility index (Phi) is 4.55. The standard InChI is InChI=1S/C21H17BrFN3/c1-13-18(10-11-19(24-13)14-4-8-17(23)9-5-14)21-12-20(25-26-21)15-2-6-16(22)7-3-15/h2-11,20,25H,12H2,1H3. The van der Waals surface area contributed by atoms with E-state index in [4.69, 9.17) is 0 Å². The molecule has 4 rings (SSSR count). The van der Waals surface area contributed by atoms with E-state index in [2.05, 4.69) is 43.6 Å². The first-order valence-electron chi connectivity index (χ1n) is 8.41. The number of rotatable bonds is 3. The minimum absolute atomic E-state index is 0.175. The minimum Gasteiger partial charge on any atom is -0.302 e. The summed E-state index contributed by atoms with van der Waals surface area (Å²) < 4.78 is 14.2. The fraction of sp³-hybridized carbons (Fsp3) is 0.143. The van der Waals surface area contributed by atoms with Crippen LogP contribution in [0.25, 0.3) is 11.3 Å². The highest BCUT2D eigenvalue weighted by molar-refractivity contribution is 9.10. The summed E-state index contributed by atoms with van der Waals surface area (Å²) in [6, 6.07) is 18.9. The number of aromatic nitrogens is 1. The van der Waals surface area contributed by atoms with Crippen LogP contribution in [0.5, 0.6) is 0 Å². The second-order valence-electron chi connectivity index (χ2n) is 6.33. The molecule has 0 amide bonds. The van der Waals surface area contributed by atoms with Crippen LogP contribution < -0.4 is 5.43 Å². The minimum atomic E-state index is -0.243. The molecule has 26 heavy (non-hydrogen) atoms. The molecule has 130 valence electrons. The predicted molar refractivity (Wildman–Crippen MR) is 106 cm³/mol. The maximum absolute atomic E-state index is 13.1. The quantitative estimate of drug-likeness (QED) is 0.628. The van der Waals surface area contributed by atoms with Crippen molar-refractivity contribution in [2.24, 2.45) is 5.10 Å². The molecule has 5 heteroatoms. The summed E-state index contributed by atoms with van der Waals surface area (Å²) in [6.07, 6.45) is 0.819. The van der Waals surface area contributed by atoms with E-state index in [0.29, 0.717) is 0 Å². The number of benzene rings is 2. The Balaban J connectivity index is 1.55. The van der Waals surface area contributed by atoms with Crippen molar-refractivity contribution in [2.45, 2.75) is 19.4 Å². The van der Waals surface area contributed by atoms with E-state index < -0.39 is 0 Å². The second kappa shape index (κ2) is 7.00. The monoisotopic (exact) mass is 409 g/mol. The molecule has 2 heterocycles. The number of pyridine rings is 1. The fourth-order valence-electron chi connectivity index (χ4n) is 3.15. The van der Waals surface area contributed by atoms with Gasteiger partial charge in [-0.3, -0.25) is 4.98 Å². The SMILES string of the molecule is Cc1nc(-c2ccc(F)cc2)ccc1C1=NNC(c2ccc(Br)cc2)C1. The number of nitrogens with zero attached hydrogens (tertiary/aromatic N) is 2. The van der Waals surface area contributed by atoms with E-state index in [1.165, 1.54) is 17.7 Å². The zero-order valence-corrected chi connectivity index (χ0v) is 15.8. The lowest BCUT2D eigenvalue weighted by Gasteiger charge is -2.11. The highest BCUT2D eigenvalue weighted by atomic mass is 79.9. The lowest BCUT2D eigenvalue weighted by Crippen LogP contribution is -2.10. The summed E-state index contributed by atoms with van der Waals surface area (Å²) in [5, 5.41) is 4.53. The summed E-state index contributed by atoms with van der Waals surface area (Å²) in [6.45, 7) is 1.98. The predicted octanol–water partition coefficient (Wildman–Crippen LogP) is 5.40. The molecular weight excluding hydrogens is 393 g/mol. The molecule has 1 unspecified atom stereocenters. The molecule has 2 aromatic carbocycles. The van der Waals surface area contributed by atoms with Gasteiger partial charge < -0.3 is 5.43 Å². The molecular formula is C21H17BrFN3. The van der Waals surface area contributed by atoms with Crippen LogP contribution >= 0.6 is 15.9 Å². The van der Waals surface area contributed by atoms with Crippen LogP contribution in [0, 0.1) is 12.7 Å². The summed E-state index contributed by atoms with van der Waals surface area (Å²) in [4.78, 5) is 4.69. The fourth-order valence-corrected chi connectivity index (χ4v) is 3.41. The lowest BCUT2D eigenvalue weighted by molar-refractivity contribution is 0.620. The van der Waals surface area contributed by atoms with Crippen molar-refractivity contribution in [1.82, 2.24) is 10.4 Å². The first-order valence-corrected chi connectivity index (χ1v) is 9.21. The molecule has 0 fully saturated rings. The van der Waals surface area contributed by atoms with Gasteiger partial charge in [-0.1, -0.05) is 28.1 Å². The number of hydrogen-bond donors (Lipinski definition) is 1. The summed E-state index contributed by atoms with van der Waals surface area (Å²) in [5.41, 5.74) is 9.14. The molecule has 1 aliphatic rings. The topological polar surface area (TPSA) is 37.3 Å². The van der Waals surface area contributed by atoms with E-state index in [1.807, 2.05) is 31.2 Å². The van der Waals surface area contributed by atoms with Crippen LogP contribution in [-0.2, 0) is 0 Å². The molecule has 0 bridgehead atoms. The number of hydrogen-bond acceptors (Lipinski definition) is 3.